The van der Waals surface area contributed by atoms with Crippen LogP contribution in [-0.2, 0) is 10.0 Å². The summed E-state index contributed by atoms with van der Waals surface area (Å²) >= 11 is 1.12. The Morgan fingerprint density at radius 3 is 2.85 bits per heavy atom. The molecule has 8 heteroatoms. The van der Waals surface area contributed by atoms with E-state index in [4.69, 9.17) is 4.74 Å². The van der Waals surface area contributed by atoms with E-state index in [0.29, 0.717) is 35.3 Å². The first kappa shape index (κ1) is 18.9. The van der Waals surface area contributed by atoms with Crippen LogP contribution in [0.3, 0.4) is 0 Å². The number of methoxy groups -OCH3 is 1. The van der Waals surface area contributed by atoms with E-state index < -0.39 is 10.0 Å². The molecule has 0 unspecified atom stereocenters. The fourth-order valence-corrected chi connectivity index (χ4v) is 5.77. The monoisotopic (exact) mass is 394 g/mol. The van der Waals surface area contributed by atoms with Gasteiger partial charge in [0.25, 0.3) is 5.91 Å². The summed E-state index contributed by atoms with van der Waals surface area (Å²) in [5.74, 6) is 0.547. The third-order valence-electron chi connectivity index (χ3n) is 4.41. The van der Waals surface area contributed by atoms with Gasteiger partial charge in [-0.3, -0.25) is 4.79 Å². The van der Waals surface area contributed by atoms with E-state index in [9.17, 15) is 13.2 Å². The molecular weight excluding hydrogens is 372 g/mol. The molecule has 1 aliphatic heterocycles. The van der Waals surface area contributed by atoms with Crippen LogP contribution in [0.15, 0.2) is 40.6 Å². The Morgan fingerprint density at radius 1 is 1.35 bits per heavy atom. The highest BCUT2D eigenvalue weighted by molar-refractivity contribution is 7.89. The Hall–Kier alpha value is -1.90. The van der Waals surface area contributed by atoms with Crippen LogP contribution in [0.5, 0.6) is 5.75 Å². The van der Waals surface area contributed by atoms with Crippen LogP contribution in [0, 0.1) is 5.92 Å². The molecule has 0 bridgehead atoms. The molecule has 1 saturated heterocycles. The third-order valence-corrected chi connectivity index (χ3v) is 7.33. The van der Waals surface area contributed by atoms with Gasteiger partial charge < -0.3 is 10.1 Å². The van der Waals surface area contributed by atoms with Crippen molar-refractivity contribution in [3.05, 3.63) is 40.6 Å². The Bertz CT molecular complexity index is 892. The lowest BCUT2D eigenvalue weighted by Crippen LogP contribution is -2.38. The highest BCUT2D eigenvalue weighted by Gasteiger charge is 2.30. The molecule has 1 aliphatic rings. The quantitative estimate of drug-likeness (QED) is 0.843. The average Bonchev–Trinajstić information content (AvgIpc) is 3.13. The summed E-state index contributed by atoms with van der Waals surface area (Å²) in [5.41, 5.74) is 0.544. The van der Waals surface area contributed by atoms with E-state index in [1.54, 1.807) is 18.2 Å². The molecule has 2 aromatic rings. The van der Waals surface area contributed by atoms with Crippen LogP contribution >= 0.6 is 11.3 Å². The maximum absolute atomic E-state index is 12.8. The van der Waals surface area contributed by atoms with Crippen molar-refractivity contribution in [3.63, 3.8) is 0 Å². The number of thiophene rings is 1. The molecule has 6 nitrogen and oxygen atoms in total. The van der Waals surface area contributed by atoms with Crippen molar-refractivity contribution in [3.8, 4) is 5.75 Å². The van der Waals surface area contributed by atoms with E-state index in [1.165, 1.54) is 22.9 Å². The number of carbonyl (C=O) groups excluding carboxylic acids is 1. The van der Waals surface area contributed by atoms with E-state index >= 15 is 0 Å². The number of ether oxygens (including phenoxy) is 1. The van der Waals surface area contributed by atoms with E-state index in [1.807, 2.05) is 6.07 Å². The van der Waals surface area contributed by atoms with Crippen LogP contribution < -0.4 is 10.1 Å². The molecule has 1 aromatic carbocycles. The predicted molar refractivity (Wildman–Crippen MR) is 102 cm³/mol. The second-order valence-electron chi connectivity index (χ2n) is 6.41. The number of piperidine rings is 1. The lowest BCUT2D eigenvalue weighted by molar-refractivity contribution is 0.103. The molecule has 0 saturated carbocycles. The van der Waals surface area contributed by atoms with Gasteiger partial charge >= 0.3 is 0 Å². The Balaban J connectivity index is 1.77. The number of sulfonamides is 1. The number of carbonyl (C=O) groups is 1. The first-order valence-corrected chi connectivity index (χ1v) is 10.8. The summed E-state index contributed by atoms with van der Waals surface area (Å²) in [5, 5.41) is 4.30. The van der Waals surface area contributed by atoms with Gasteiger partial charge in [-0.2, -0.15) is 4.31 Å². The van der Waals surface area contributed by atoms with Gasteiger partial charge in [0, 0.05) is 18.5 Å². The number of amides is 1. The standard InChI is InChI=1S/C18H22N2O4S2/c1-13-6-5-9-20(11-13)26(22,23)14-10-17(25-12-14)18(21)19-15-7-3-4-8-16(15)24-2/h3-4,7-8,10,12-13H,5-6,9,11H2,1-2H3,(H,19,21)/t13-/m0/s1. The largest absolute Gasteiger partial charge is 0.495 e. The Labute approximate surface area is 157 Å². The molecule has 140 valence electrons. The predicted octanol–water partition coefficient (Wildman–Crippen LogP) is 3.43. The second kappa shape index (κ2) is 7.77. The Morgan fingerprint density at radius 2 is 2.12 bits per heavy atom. The number of rotatable bonds is 5. The lowest BCUT2D eigenvalue weighted by Gasteiger charge is -2.29. The average molecular weight is 395 g/mol. The molecule has 1 fully saturated rings. The first-order chi connectivity index (χ1) is 12.4. The van der Waals surface area contributed by atoms with Crippen LogP contribution in [0.1, 0.15) is 29.4 Å². The molecule has 0 spiro atoms. The van der Waals surface area contributed by atoms with E-state index in [-0.39, 0.29) is 10.8 Å². The van der Waals surface area contributed by atoms with Gasteiger partial charge in [0.2, 0.25) is 10.0 Å². The van der Waals surface area contributed by atoms with Crippen molar-refractivity contribution in [2.75, 3.05) is 25.5 Å². The van der Waals surface area contributed by atoms with Crippen LogP contribution in [0.2, 0.25) is 0 Å². The van der Waals surface area contributed by atoms with Crippen molar-refractivity contribution >= 4 is 33.0 Å². The number of benzene rings is 1. The number of nitrogens with zero attached hydrogens (tertiary/aromatic N) is 1. The molecule has 3 rings (SSSR count). The highest BCUT2D eigenvalue weighted by Crippen LogP contribution is 2.28. The van der Waals surface area contributed by atoms with Crippen molar-refractivity contribution < 1.29 is 17.9 Å². The summed E-state index contributed by atoms with van der Waals surface area (Å²) in [6, 6.07) is 8.53. The highest BCUT2D eigenvalue weighted by atomic mass is 32.2. The molecule has 0 aliphatic carbocycles. The minimum Gasteiger partial charge on any atom is -0.495 e. The molecule has 1 N–H and O–H groups in total. The zero-order chi connectivity index (χ0) is 18.7. The minimum atomic E-state index is -3.55. The van der Waals surface area contributed by atoms with Gasteiger partial charge in [-0.05, 0) is 37.0 Å². The summed E-state index contributed by atoms with van der Waals surface area (Å²) < 4.78 is 32.4. The SMILES string of the molecule is COc1ccccc1NC(=O)c1cc(S(=O)(=O)N2CCC[C@H](C)C2)cs1. The minimum absolute atomic E-state index is 0.182. The van der Waals surface area contributed by atoms with Crippen LogP contribution in [-0.4, -0.2) is 38.8 Å². The molecule has 1 atom stereocenters. The second-order valence-corrected chi connectivity index (χ2v) is 9.26. The van der Waals surface area contributed by atoms with Gasteiger partial charge in [-0.15, -0.1) is 11.3 Å². The normalized spacial score (nSPS) is 18.5. The fraction of sp³-hybridized carbons (Fsp3) is 0.389. The van der Waals surface area contributed by atoms with Gasteiger partial charge in [-0.25, -0.2) is 8.42 Å². The molecule has 1 aromatic heterocycles. The zero-order valence-corrected chi connectivity index (χ0v) is 16.4. The van der Waals surface area contributed by atoms with Gasteiger partial charge in [0.15, 0.2) is 0 Å². The van der Waals surface area contributed by atoms with Gasteiger partial charge in [-0.1, -0.05) is 19.1 Å². The number of nitrogens with one attached hydrogen (secondary N) is 1. The van der Waals surface area contributed by atoms with E-state index in [0.717, 1.165) is 24.2 Å². The van der Waals surface area contributed by atoms with Gasteiger partial charge in [0.1, 0.15) is 5.75 Å². The summed E-state index contributed by atoms with van der Waals surface area (Å²) in [7, 11) is -2.03. The van der Waals surface area contributed by atoms with Crippen molar-refractivity contribution in [2.45, 2.75) is 24.7 Å². The number of para-hydroxylation sites is 2. The third kappa shape index (κ3) is 3.92. The lowest BCUT2D eigenvalue weighted by atomic mass is 10.0. The topological polar surface area (TPSA) is 75.7 Å². The van der Waals surface area contributed by atoms with Crippen LogP contribution in [0.4, 0.5) is 5.69 Å². The van der Waals surface area contributed by atoms with Gasteiger partial charge in [0.05, 0.1) is 22.6 Å². The number of hydrogen-bond acceptors (Lipinski definition) is 5. The maximum atomic E-state index is 12.8. The number of anilines is 1. The zero-order valence-electron chi connectivity index (χ0n) is 14.8. The summed E-state index contributed by atoms with van der Waals surface area (Å²) in [6.07, 6.45) is 1.91. The van der Waals surface area contributed by atoms with Crippen LogP contribution in [0.25, 0.3) is 0 Å². The molecule has 2 heterocycles. The molecule has 1 amide bonds. The van der Waals surface area contributed by atoms with E-state index in [2.05, 4.69) is 12.2 Å². The Kier molecular flexibility index (Phi) is 5.64. The maximum Gasteiger partial charge on any atom is 0.265 e. The summed E-state index contributed by atoms with van der Waals surface area (Å²) in [6.45, 7) is 3.12. The first-order valence-electron chi connectivity index (χ1n) is 8.45. The van der Waals surface area contributed by atoms with Crippen molar-refractivity contribution in [1.29, 1.82) is 0 Å². The smallest absolute Gasteiger partial charge is 0.265 e. The molecule has 0 radical (unpaired) electrons. The fourth-order valence-electron chi connectivity index (χ4n) is 3.02. The summed E-state index contributed by atoms with van der Waals surface area (Å²) in [4.78, 5) is 13.0. The molecular formula is C18H22N2O4S2. The number of hydrogen-bond donors (Lipinski definition) is 1. The molecule has 26 heavy (non-hydrogen) atoms. The van der Waals surface area contributed by atoms with Crippen molar-refractivity contribution in [2.24, 2.45) is 5.92 Å². The van der Waals surface area contributed by atoms with Crippen molar-refractivity contribution in [1.82, 2.24) is 4.31 Å².